The van der Waals surface area contributed by atoms with Crippen LogP contribution in [-0.2, 0) is 23.7 Å². The van der Waals surface area contributed by atoms with Gasteiger partial charge in [-0.3, -0.25) is 4.79 Å². The quantitative estimate of drug-likeness (QED) is 0.409. The van der Waals surface area contributed by atoms with Gasteiger partial charge in [0.25, 0.3) is 0 Å². The number of aliphatic hydroxyl groups is 2. The molecule has 6 atom stereocenters. The predicted octanol–water partition coefficient (Wildman–Crippen LogP) is 1.10. The highest BCUT2D eigenvalue weighted by Crippen LogP contribution is 2.36. The Morgan fingerprint density at radius 2 is 1.87 bits per heavy atom. The van der Waals surface area contributed by atoms with Gasteiger partial charge in [0, 0.05) is 6.42 Å². The Labute approximate surface area is 136 Å². The van der Waals surface area contributed by atoms with Gasteiger partial charge in [0.05, 0.1) is 6.10 Å². The smallest absolute Gasteiger partial charge is 0.306 e. The summed E-state index contributed by atoms with van der Waals surface area (Å²) in [7, 11) is 0. The van der Waals surface area contributed by atoms with Gasteiger partial charge in [-0.15, -0.1) is 0 Å². The first-order valence-corrected chi connectivity index (χ1v) is 8.22. The number of rotatable bonds is 7. The Bertz CT molecular complexity index is 406. The van der Waals surface area contributed by atoms with E-state index in [0.29, 0.717) is 12.8 Å². The van der Waals surface area contributed by atoms with E-state index in [-0.39, 0.29) is 12.1 Å². The van der Waals surface area contributed by atoms with E-state index in [4.69, 9.17) is 18.9 Å². The maximum Gasteiger partial charge on any atom is 0.306 e. The molecule has 2 fully saturated rings. The summed E-state index contributed by atoms with van der Waals surface area (Å²) in [6.45, 7) is 7.41. The summed E-state index contributed by atoms with van der Waals surface area (Å²) in [6.07, 6.45) is -1.41. The van der Waals surface area contributed by atoms with Crippen molar-refractivity contribution in [3.63, 3.8) is 0 Å². The molecule has 0 amide bonds. The van der Waals surface area contributed by atoms with Crippen molar-refractivity contribution in [2.75, 3.05) is 0 Å². The SMILES string of the molecule is CC(CCCCC(=O)OC(C)(C)C)O[C@@H]1OC2O[C@@H]2C(O)[C@@H]1O. The lowest BCUT2D eigenvalue weighted by Crippen LogP contribution is -2.49. The molecule has 23 heavy (non-hydrogen) atoms. The van der Waals surface area contributed by atoms with Crippen LogP contribution in [0.25, 0.3) is 0 Å². The molecule has 0 aliphatic carbocycles. The van der Waals surface area contributed by atoms with Crippen LogP contribution < -0.4 is 0 Å². The third kappa shape index (κ3) is 5.69. The van der Waals surface area contributed by atoms with E-state index in [1.54, 1.807) is 0 Å². The highest BCUT2D eigenvalue weighted by molar-refractivity contribution is 5.69. The summed E-state index contributed by atoms with van der Waals surface area (Å²) in [5, 5.41) is 19.6. The lowest BCUT2D eigenvalue weighted by molar-refractivity contribution is -0.257. The average Bonchev–Trinajstić information content (AvgIpc) is 3.18. The molecule has 0 aromatic heterocycles. The molecule has 2 aliphatic heterocycles. The van der Waals surface area contributed by atoms with E-state index in [9.17, 15) is 15.0 Å². The first kappa shape index (κ1) is 18.6. The predicted molar refractivity (Wildman–Crippen MR) is 80.4 cm³/mol. The minimum atomic E-state index is -1.11. The van der Waals surface area contributed by atoms with Gasteiger partial charge in [0.15, 0.2) is 12.6 Å². The van der Waals surface area contributed by atoms with Crippen molar-refractivity contribution in [1.82, 2.24) is 0 Å². The first-order valence-electron chi connectivity index (χ1n) is 8.22. The lowest BCUT2D eigenvalue weighted by atomic mass is 10.1. The summed E-state index contributed by atoms with van der Waals surface area (Å²) in [5.74, 6) is -0.197. The number of hydrogen-bond acceptors (Lipinski definition) is 7. The van der Waals surface area contributed by atoms with Crippen molar-refractivity contribution >= 4 is 5.97 Å². The standard InChI is InChI=1S/C16H28O7/c1-9(7-5-6-8-10(17)23-16(2,3)4)20-14-12(19)11(18)13-15(21-13)22-14/h9,11-15,18-19H,5-8H2,1-4H3/t9?,11?,12-,13+,14+,15?/m0/s1. The van der Waals surface area contributed by atoms with Crippen LogP contribution in [0.15, 0.2) is 0 Å². The van der Waals surface area contributed by atoms with Gasteiger partial charge in [-0.05, 0) is 40.5 Å². The van der Waals surface area contributed by atoms with E-state index in [0.717, 1.165) is 12.8 Å². The highest BCUT2D eigenvalue weighted by Gasteiger charge is 2.56. The molecule has 134 valence electrons. The van der Waals surface area contributed by atoms with Crippen LogP contribution in [0.2, 0.25) is 0 Å². The summed E-state index contributed by atoms with van der Waals surface area (Å²) in [6, 6.07) is 0. The fourth-order valence-corrected chi connectivity index (χ4v) is 2.53. The number of fused-ring (bicyclic) bond motifs is 1. The van der Waals surface area contributed by atoms with E-state index in [2.05, 4.69) is 0 Å². The van der Waals surface area contributed by atoms with E-state index in [1.807, 2.05) is 27.7 Å². The topological polar surface area (TPSA) is 97.8 Å². The summed E-state index contributed by atoms with van der Waals surface area (Å²) in [4.78, 5) is 11.6. The number of epoxide rings is 1. The van der Waals surface area contributed by atoms with Crippen LogP contribution in [-0.4, -0.2) is 58.8 Å². The Balaban J connectivity index is 1.60. The second-order valence-electron chi connectivity index (χ2n) is 7.23. The molecule has 2 heterocycles. The van der Waals surface area contributed by atoms with Crippen molar-refractivity contribution in [1.29, 1.82) is 0 Å². The van der Waals surface area contributed by atoms with Gasteiger partial charge in [0.1, 0.15) is 23.9 Å². The number of esters is 1. The van der Waals surface area contributed by atoms with Crippen molar-refractivity contribution in [2.24, 2.45) is 0 Å². The molecule has 0 aromatic rings. The van der Waals surface area contributed by atoms with Gasteiger partial charge in [-0.1, -0.05) is 6.42 Å². The molecular formula is C16H28O7. The molecular weight excluding hydrogens is 304 g/mol. The number of carbonyl (C=O) groups is 1. The molecule has 2 rings (SSSR count). The minimum absolute atomic E-state index is 0.157. The molecule has 0 radical (unpaired) electrons. The number of unbranched alkanes of at least 4 members (excludes halogenated alkanes) is 1. The van der Waals surface area contributed by atoms with Crippen LogP contribution in [0, 0.1) is 0 Å². The molecule has 0 saturated carbocycles. The Hall–Kier alpha value is -0.730. The monoisotopic (exact) mass is 332 g/mol. The van der Waals surface area contributed by atoms with E-state index >= 15 is 0 Å². The van der Waals surface area contributed by atoms with Crippen molar-refractivity contribution in [3.8, 4) is 0 Å². The zero-order chi connectivity index (χ0) is 17.2. The molecule has 0 aromatic carbocycles. The summed E-state index contributed by atoms with van der Waals surface area (Å²) < 4.78 is 21.3. The molecule has 2 aliphatic rings. The molecule has 0 bridgehead atoms. The van der Waals surface area contributed by atoms with Gasteiger partial charge >= 0.3 is 5.97 Å². The highest BCUT2D eigenvalue weighted by atomic mass is 16.8. The van der Waals surface area contributed by atoms with Crippen LogP contribution in [0.1, 0.15) is 53.4 Å². The zero-order valence-electron chi connectivity index (χ0n) is 14.2. The second-order valence-corrected chi connectivity index (χ2v) is 7.23. The number of hydrogen-bond donors (Lipinski definition) is 2. The maximum atomic E-state index is 11.6. The van der Waals surface area contributed by atoms with Crippen LogP contribution in [0.5, 0.6) is 0 Å². The van der Waals surface area contributed by atoms with E-state index in [1.165, 1.54) is 0 Å². The van der Waals surface area contributed by atoms with Crippen LogP contribution in [0.3, 0.4) is 0 Å². The van der Waals surface area contributed by atoms with Crippen LogP contribution >= 0.6 is 0 Å². The number of aliphatic hydroxyl groups excluding tert-OH is 2. The molecule has 2 N–H and O–H groups in total. The normalized spacial score (nSPS) is 34.6. The largest absolute Gasteiger partial charge is 0.460 e. The van der Waals surface area contributed by atoms with Gasteiger partial charge in [-0.2, -0.15) is 0 Å². The first-order chi connectivity index (χ1) is 10.7. The number of ether oxygens (including phenoxy) is 4. The maximum absolute atomic E-state index is 11.6. The molecule has 7 nitrogen and oxygen atoms in total. The van der Waals surface area contributed by atoms with Gasteiger partial charge in [-0.25, -0.2) is 0 Å². The minimum Gasteiger partial charge on any atom is -0.460 e. The lowest BCUT2D eigenvalue weighted by Gasteiger charge is -2.31. The number of carbonyl (C=O) groups excluding carboxylic acids is 1. The van der Waals surface area contributed by atoms with Gasteiger partial charge < -0.3 is 29.2 Å². The van der Waals surface area contributed by atoms with Gasteiger partial charge in [0.2, 0.25) is 0 Å². The average molecular weight is 332 g/mol. The molecule has 3 unspecified atom stereocenters. The fourth-order valence-electron chi connectivity index (χ4n) is 2.53. The Morgan fingerprint density at radius 1 is 1.17 bits per heavy atom. The van der Waals surface area contributed by atoms with Crippen LogP contribution in [0.4, 0.5) is 0 Å². The zero-order valence-corrected chi connectivity index (χ0v) is 14.2. The molecule has 7 heteroatoms. The third-order valence-electron chi connectivity index (χ3n) is 3.74. The van der Waals surface area contributed by atoms with E-state index < -0.39 is 36.5 Å². The fraction of sp³-hybridized carbons (Fsp3) is 0.938. The molecule has 2 saturated heterocycles. The van der Waals surface area contributed by atoms with Crippen molar-refractivity contribution in [2.45, 2.75) is 96.0 Å². The second kappa shape index (κ2) is 7.44. The van der Waals surface area contributed by atoms with Crippen molar-refractivity contribution in [3.05, 3.63) is 0 Å². The summed E-state index contributed by atoms with van der Waals surface area (Å²) in [5.41, 5.74) is -0.453. The van der Waals surface area contributed by atoms with Crippen molar-refractivity contribution < 1.29 is 34.0 Å². The third-order valence-corrected chi connectivity index (χ3v) is 3.74. The Morgan fingerprint density at radius 3 is 2.52 bits per heavy atom. The Kier molecular flexibility index (Phi) is 6.02. The molecule has 0 spiro atoms. The summed E-state index contributed by atoms with van der Waals surface area (Å²) >= 11 is 0.